The Hall–Kier alpha value is -1.93. The van der Waals surface area contributed by atoms with E-state index in [0.717, 1.165) is 12.8 Å². The first kappa shape index (κ1) is 16.4. The number of hydrogen-bond acceptors (Lipinski definition) is 5. The van der Waals surface area contributed by atoms with Crippen LogP contribution in [0, 0.1) is 0 Å². The van der Waals surface area contributed by atoms with Gasteiger partial charge in [-0.3, -0.25) is 9.59 Å². The van der Waals surface area contributed by atoms with Crippen LogP contribution in [-0.2, 0) is 24.3 Å². The third kappa shape index (κ3) is 4.81. The molecule has 1 atom stereocenters. The van der Waals surface area contributed by atoms with Crippen molar-refractivity contribution in [2.75, 3.05) is 6.54 Å². The van der Waals surface area contributed by atoms with Crippen molar-refractivity contribution in [2.24, 2.45) is 0 Å². The molecule has 1 aliphatic rings. The molecule has 1 fully saturated rings. The lowest BCUT2D eigenvalue weighted by Crippen LogP contribution is -2.39. The van der Waals surface area contributed by atoms with Crippen molar-refractivity contribution < 1.29 is 22.7 Å². The number of benzene rings is 1. The van der Waals surface area contributed by atoms with Crippen LogP contribution in [0.3, 0.4) is 0 Å². The van der Waals surface area contributed by atoms with Gasteiger partial charge in [-0.1, -0.05) is 18.2 Å². The third-order valence-corrected chi connectivity index (χ3v) is 4.48. The topological polar surface area (TPSA) is 102 Å². The normalized spacial score (nSPS) is 15.9. The summed E-state index contributed by atoms with van der Waals surface area (Å²) in [7, 11) is -3.77. The Morgan fingerprint density at radius 1 is 1.27 bits per heavy atom. The summed E-state index contributed by atoms with van der Waals surface area (Å²) < 4.78 is 30.9. The maximum atomic E-state index is 11.9. The molecule has 0 saturated heterocycles. The van der Waals surface area contributed by atoms with E-state index in [4.69, 9.17) is 4.74 Å². The molecule has 120 valence electrons. The van der Waals surface area contributed by atoms with E-state index in [2.05, 4.69) is 10.0 Å². The largest absolute Gasteiger partial charge is 0.452 e. The second kappa shape index (κ2) is 6.89. The van der Waals surface area contributed by atoms with Gasteiger partial charge in [0, 0.05) is 6.04 Å². The number of hydrogen-bond donors (Lipinski definition) is 2. The van der Waals surface area contributed by atoms with Crippen LogP contribution in [0.5, 0.6) is 0 Å². The molecule has 0 spiro atoms. The molecule has 7 nitrogen and oxygen atoms in total. The van der Waals surface area contributed by atoms with Crippen molar-refractivity contribution in [1.82, 2.24) is 10.0 Å². The van der Waals surface area contributed by atoms with Gasteiger partial charge in [-0.2, -0.15) is 4.72 Å². The standard InChI is InChI=1S/C14H18N2O5S/c1-10(14(18)16-11-7-8-11)21-13(17)9-15-22(19,20)12-5-3-2-4-6-12/h2-6,10-11,15H,7-9H2,1H3,(H,16,18)/t10-/m1/s1. The van der Waals surface area contributed by atoms with Crippen LogP contribution in [0.2, 0.25) is 0 Å². The number of esters is 1. The molecule has 0 radical (unpaired) electrons. The highest BCUT2D eigenvalue weighted by molar-refractivity contribution is 7.89. The van der Waals surface area contributed by atoms with E-state index in [-0.39, 0.29) is 16.8 Å². The van der Waals surface area contributed by atoms with Gasteiger partial charge in [0.05, 0.1) is 4.90 Å². The average Bonchev–Trinajstić information content (AvgIpc) is 3.30. The molecule has 0 unspecified atom stereocenters. The molecule has 1 saturated carbocycles. The molecule has 8 heteroatoms. The van der Waals surface area contributed by atoms with Gasteiger partial charge >= 0.3 is 5.97 Å². The molecular weight excluding hydrogens is 308 g/mol. The van der Waals surface area contributed by atoms with Gasteiger partial charge in [0.25, 0.3) is 5.91 Å². The molecule has 22 heavy (non-hydrogen) atoms. The molecule has 0 aliphatic heterocycles. The number of carbonyl (C=O) groups is 2. The Kier molecular flexibility index (Phi) is 5.15. The number of nitrogens with one attached hydrogen (secondary N) is 2. The number of carbonyl (C=O) groups excluding carboxylic acids is 2. The van der Waals surface area contributed by atoms with Crippen LogP contribution in [0.4, 0.5) is 0 Å². The number of amides is 1. The molecule has 0 heterocycles. The minimum absolute atomic E-state index is 0.0577. The summed E-state index contributed by atoms with van der Waals surface area (Å²) in [5.41, 5.74) is 0. The highest BCUT2D eigenvalue weighted by atomic mass is 32.2. The van der Waals surface area contributed by atoms with Crippen molar-refractivity contribution in [3.05, 3.63) is 30.3 Å². The molecule has 1 aliphatic carbocycles. The molecule has 0 aromatic heterocycles. The number of sulfonamides is 1. The number of ether oxygens (including phenoxy) is 1. The fourth-order valence-corrected chi connectivity index (χ4v) is 2.67. The summed E-state index contributed by atoms with van der Waals surface area (Å²) in [6.07, 6.45) is 0.918. The summed E-state index contributed by atoms with van der Waals surface area (Å²) in [5, 5.41) is 2.70. The Morgan fingerprint density at radius 3 is 2.50 bits per heavy atom. The smallest absolute Gasteiger partial charge is 0.321 e. The second-order valence-corrected chi connectivity index (χ2v) is 6.82. The highest BCUT2D eigenvalue weighted by Gasteiger charge is 2.27. The number of rotatable bonds is 7. The van der Waals surface area contributed by atoms with E-state index in [9.17, 15) is 18.0 Å². The fourth-order valence-electron chi connectivity index (χ4n) is 1.68. The van der Waals surface area contributed by atoms with Crippen LogP contribution >= 0.6 is 0 Å². The third-order valence-electron chi connectivity index (χ3n) is 3.06. The first-order valence-corrected chi connectivity index (χ1v) is 8.41. The molecule has 1 amide bonds. The summed E-state index contributed by atoms with van der Waals surface area (Å²) in [4.78, 5) is 23.3. The lowest BCUT2D eigenvalue weighted by atomic mass is 10.3. The van der Waals surface area contributed by atoms with E-state index in [1.54, 1.807) is 18.2 Å². The molecule has 1 aromatic carbocycles. The molecule has 2 N–H and O–H groups in total. The highest BCUT2D eigenvalue weighted by Crippen LogP contribution is 2.18. The molecular formula is C14H18N2O5S. The minimum Gasteiger partial charge on any atom is -0.452 e. The van der Waals surface area contributed by atoms with Crippen molar-refractivity contribution >= 4 is 21.9 Å². The maximum absolute atomic E-state index is 11.9. The quantitative estimate of drug-likeness (QED) is 0.696. The zero-order valence-electron chi connectivity index (χ0n) is 12.1. The lowest BCUT2D eigenvalue weighted by Gasteiger charge is -2.13. The van der Waals surface area contributed by atoms with Gasteiger partial charge < -0.3 is 10.1 Å². The van der Waals surface area contributed by atoms with E-state index in [0.29, 0.717) is 0 Å². The first-order chi connectivity index (χ1) is 10.4. The van der Waals surface area contributed by atoms with Crippen LogP contribution in [0.25, 0.3) is 0 Å². The van der Waals surface area contributed by atoms with Gasteiger partial charge in [0.1, 0.15) is 6.54 Å². The second-order valence-electron chi connectivity index (χ2n) is 5.05. The van der Waals surface area contributed by atoms with Crippen LogP contribution in [0.1, 0.15) is 19.8 Å². The average molecular weight is 326 g/mol. The van der Waals surface area contributed by atoms with Crippen molar-refractivity contribution in [2.45, 2.75) is 36.8 Å². The summed E-state index contributed by atoms with van der Waals surface area (Å²) in [5.74, 6) is -1.18. The van der Waals surface area contributed by atoms with E-state index in [1.807, 2.05) is 0 Å². The Labute approximate surface area is 129 Å². The molecule has 0 bridgehead atoms. The Balaban J connectivity index is 1.80. The van der Waals surface area contributed by atoms with Crippen LogP contribution in [0.15, 0.2) is 35.2 Å². The van der Waals surface area contributed by atoms with E-state index < -0.39 is 28.6 Å². The summed E-state index contributed by atoms with van der Waals surface area (Å²) >= 11 is 0. The fraction of sp³-hybridized carbons (Fsp3) is 0.429. The first-order valence-electron chi connectivity index (χ1n) is 6.93. The van der Waals surface area contributed by atoms with Crippen molar-refractivity contribution in [3.63, 3.8) is 0 Å². The van der Waals surface area contributed by atoms with Gasteiger partial charge in [-0.15, -0.1) is 0 Å². The van der Waals surface area contributed by atoms with Gasteiger partial charge in [-0.25, -0.2) is 8.42 Å². The zero-order valence-corrected chi connectivity index (χ0v) is 12.9. The Morgan fingerprint density at radius 2 is 1.91 bits per heavy atom. The van der Waals surface area contributed by atoms with Gasteiger partial charge in [-0.05, 0) is 31.9 Å². The van der Waals surface area contributed by atoms with E-state index in [1.165, 1.54) is 19.1 Å². The monoisotopic (exact) mass is 326 g/mol. The lowest BCUT2D eigenvalue weighted by molar-refractivity contribution is -0.153. The SMILES string of the molecule is C[C@@H](OC(=O)CNS(=O)(=O)c1ccccc1)C(=O)NC1CC1. The predicted molar refractivity (Wildman–Crippen MR) is 78.3 cm³/mol. The summed E-state index contributed by atoms with van der Waals surface area (Å²) in [6, 6.07) is 7.85. The van der Waals surface area contributed by atoms with E-state index >= 15 is 0 Å². The van der Waals surface area contributed by atoms with Crippen LogP contribution in [-0.4, -0.2) is 39.0 Å². The van der Waals surface area contributed by atoms with Gasteiger partial charge in [0.2, 0.25) is 10.0 Å². The summed E-state index contributed by atoms with van der Waals surface area (Å²) in [6.45, 7) is 0.916. The molecule has 1 aromatic rings. The predicted octanol–water partition coefficient (Wildman–Crippen LogP) is 0.175. The Bertz CT molecular complexity index is 640. The zero-order chi connectivity index (χ0) is 16.2. The minimum atomic E-state index is -3.77. The van der Waals surface area contributed by atoms with Crippen LogP contribution < -0.4 is 10.0 Å². The van der Waals surface area contributed by atoms with Crippen molar-refractivity contribution in [3.8, 4) is 0 Å². The van der Waals surface area contributed by atoms with Gasteiger partial charge in [0.15, 0.2) is 6.10 Å². The van der Waals surface area contributed by atoms with Crippen molar-refractivity contribution in [1.29, 1.82) is 0 Å². The molecule has 2 rings (SSSR count). The maximum Gasteiger partial charge on any atom is 0.321 e.